The van der Waals surface area contributed by atoms with E-state index in [2.05, 4.69) is 37.3 Å². The van der Waals surface area contributed by atoms with Crippen LogP contribution in [0, 0.1) is 0 Å². The van der Waals surface area contributed by atoms with Gasteiger partial charge in [0.05, 0.1) is 127 Å². The number of carbonyl (C=O) groups excluding carboxylic acids is 1. The second kappa shape index (κ2) is 32.9. The highest BCUT2D eigenvalue weighted by Gasteiger charge is 2.36. The van der Waals surface area contributed by atoms with Crippen molar-refractivity contribution in [2.24, 2.45) is 22.8 Å². The number of anilines is 1. The van der Waals surface area contributed by atoms with E-state index < -0.39 is 17.4 Å². The number of nitrogens with one attached hydrogen (secondary N) is 2. The van der Waals surface area contributed by atoms with Gasteiger partial charge in [-0.2, -0.15) is 13.2 Å². The average molecular weight is 1010 g/mol. The van der Waals surface area contributed by atoms with E-state index >= 15 is 0 Å². The van der Waals surface area contributed by atoms with Gasteiger partial charge in [-0.3, -0.25) is 24.1 Å². The van der Waals surface area contributed by atoms with E-state index in [1.807, 2.05) is 24.3 Å². The summed E-state index contributed by atoms with van der Waals surface area (Å²) < 4.78 is 84.0. The molecule has 4 N–H and O–H groups in total. The van der Waals surface area contributed by atoms with E-state index in [1.165, 1.54) is 22.3 Å². The second-order valence-corrected chi connectivity index (χ2v) is 15.7. The molecule has 3 aromatic heterocycles. The van der Waals surface area contributed by atoms with Crippen molar-refractivity contribution < 1.29 is 51.1 Å². The molecule has 0 amide bonds. The molecule has 0 radical (unpaired) electrons. The number of pyridine rings is 2. The largest absolute Gasteiger partial charge is 0.481 e. The van der Waals surface area contributed by atoms with E-state index in [1.54, 1.807) is 63.0 Å². The third-order valence-corrected chi connectivity index (χ3v) is 10.6. The first kappa shape index (κ1) is 58.6. The zero-order chi connectivity index (χ0) is 52.0. The number of aldehydes is 1. The Morgan fingerprint density at radius 1 is 0.819 bits per heavy atom. The number of nitrogens with zero attached hydrogens (tertiary/aromatic N) is 7. The van der Waals surface area contributed by atoms with Gasteiger partial charge in [-0.05, 0) is 62.8 Å². The number of carbonyl (C=O) groups is 1. The van der Waals surface area contributed by atoms with Crippen molar-refractivity contribution in [3.8, 4) is 22.7 Å². The van der Waals surface area contributed by atoms with Crippen LogP contribution in [0.5, 0.6) is 5.88 Å². The van der Waals surface area contributed by atoms with Gasteiger partial charge in [0.2, 0.25) is 5.88 Å². The van der Waals surface area contributed by atoms with Crippen molar-refractivity contribution in [3.63, 3.8) is 0 Å². The molecule has 0 aliphatic carbocycles. The van der Waals surface area contributed by atoms with Gasteiger partial charge in [0, 0.05) is 93.1 Å². The SMILES string of the molecule is C=N/C=C(\C=NCCN(CCNC)c1ccc(-n2c(=O)n(C)c3cnc4ccc(-c5ccc(OC)nc5)cc4c32)cc1C(F)(F)F)CNC.NCCOCCOCCOCCOCCOCCOCCC=O. The summed E-state index contributed by atoms with van der Waals surface area (Å²) in [6.07, 6.45) is 2.99. The second-order valence-electron chi connectivity index (χ2n) is 15.7. The molecule has 5 aromatic rings. The van der Waals surface area contributed by atoms with Crippen LogP contribution in [0.1, 0.15) is 12.0 Å². The Hall–Kier alpha value is -5.95. The summed E-state index contributed by atoms with van der Waals surface area (Å²) in [5, 5.41) is 6.63. The van der Waals surface area contributed by atoms with Crippen LogP contribution in [0.3, 0.4) is 0 Å². The van der Waals surface area contributed by atoms with Gasteiger partial charge in [-0.25, -0.2) is 9.78 Å². The molecule has 0 atom stereocenters. The van der Waals surface area contributed by atoms with Crippen LogP contribution >= 0.6 is 0 Å². The highest BCUT2D eigenvalue weighted by molar-refractivity contribution is 6.04. The number of aromatic nitrogens is 4. The molecule has 0 fully saturated rings. The number of fused-ring (bicyclic) bond motifs is 3. The normalized spacial score (nSPS) is 11.9. The molecule has 3 heterocycles. The highest BCUT2D eigenvalue weighted by Crippen LogP contribution is 2.39. The molecule has 394 valence electrons. The van der Waals surface area contributed by atoms with Crippen molar-refractivity contribution in [1.82, 2.24) is 29.7 Å². The Kier molecular flexibility index (Phi) is 26.8. The minimum atomic E-state index is -4.71. The van der Waals surface area contributed by atoms with E-state index in [9.17, 15) is 22.8 Å². The van der Waals surface area contributed by atoms with Crippen molar-refractivity contribution in [3.05, 3.63) is 88.7 Å². The predicted molar refractivity (Wildman–Crippen MR) is 274 cm³/mol. The highest BCUT2D eigenvalue weighted by atomic mass is 19.4. The fourth-order valence-electron chi connectivity index (χ4n) is 7.08. The van der Waals surface area contributed by atoms with Crippen LogP contribution in [0.15, 0.2) is 87.5 Å². The van der Waals surface area contributed by atoms with Gasteiger partial charge < -0.3 is 59.2 Å². The lowest BCUT2D eigenvalue weighted by Crippen LogP contribution is -2.34. The molecule has 0 bridgehead atoms. The number of likely N-dealkylation sites (N-methyl/N-ethyl adjacent to an activating group) is 2. The third kappa shape index (κ3) is 18.9. The fourth-order valence-corrected chi connectivity index (χ4v) is 7.08. The fraction of sp³-hybridized carbons (Fsp3) is 0.480. The summed E-state index contributed by atoms with van der Waals surface area (Å²) in [6.45, 7) is 12.0. The molecule has 0 aliphatic heterocycles. The van der Waals surface area contributed by atoms with Crippen LogP contribution in [0.4, 0.5) is 18.9 Å². The van der Waals surface area contributed by atoms with Crippen LogP contribution < -0.4 is 31.7 Å². The molecule has 22 heteroatoms. The summed E-state index contributed by atoms with van der Waals surface area (Å²) in [6, 6.07) is 13.2. The van der Waals surface area contributed by atoms with Gasteiger partial charge in [-0.1, -0.05) is 6.07 Å². The summed E-state index contributed by atoms with van der Waals surface area (Å²) >= 11 is 0. The number of aliphatic imine (C=N–C) groups is 2. The van der Waals surface area contributed by atoms with Gasteiger partial charge in [0.1, 0.15) is 6.29 Å². The first-order chi connectivity index (χ1) is 35.0. The van der Waals surface area contributed by atoms with Crippen molar-refractivity contribution in [1.29, 1.82) is 0 Å². The maximum atomic E-state index is 14.8. The smallest absolute Gasteiger partial charge is 0.418 e. The summed E-state index contributed by atoms with van der Waals surface area (Å²) in [4.78, 5) is 42.4. The maximum Gasteiger partial charge on any atom is 0.418 e. The predicted octanol–water partition coefficient (Wildman–Crippen LogP) is 4.50. The number of aryl methyl sites for hydroxylation is 1. The Morgan fingerprint density at radius 2 is 1.46 bits per heavy atom. The molecule has 0 aliphatic rings. The molecular formula is C50H69F3N10O9. The lowest BCUT2D eigenvalue weighted by molar-refractivity contribution is -0.137. The molecule has 2 aromatic carbocycles. The monoisotopic (exact) mass is 1010 g/mol. The molecule has 0 unspecified atom stereocenters. The zero-order valence-electron chi connectivity index (χ0n) is 41.7. The van der Waals surface area contributed by atoms with Gasteiger partial charge >= 0.3 is 11.9 Å². The number of nitrogens with two attached hydrogens (primary N) is 1. The number of rotatable bonds is 34. The molecule has 0 saturated heterocycles. The van der Waals surface area contributed by atoms with Gasteiger partial charge in [0.15, 0.2) is 0 Å². The summed E-state index contributed by atoms with van der Waals surface area (Å²) in [7, 11) is 6.64. The Balaban J connectivity index is 0.000000413. The zero-order valence-corrected chi connectivity index (χ0v) is 41.7. The van der Waals surface area contributed by atoms with Crippen molar-refractivity contribution >= 4 is 46.8 Å². The number of ether oxygens (including phenoxy) is 7. The third-order valence-electron chi connectivity index (χ3n) is 10.6. The number of methoxy groups -OCH3 is 1. The van der Waals surface area contributed by atoms with Crippen LogP contribution in [0.2, 0.25) is 0 Å². The summed E-state index contributed by atoms with van der Waals surface area (Å²) in [5.41, 5.74) is 7.90. The molecular weight excluding hydrogens is 942 g/mol. The Bertz CT molecular complexity index is 2500. The first-order valence-electron chi connectivity index (χ1n) is 23.5. The quantitative estimate of drug-likeness (QED) is 0.0294. The number of halogens is 3. The molecule has 19 nitrogen and oxygen atoms in total. The first-order valence-corrected chi connectivity index (χ1v) is 23.5. The Labute approximate surface area is 418 Å². The molecule has 5 rings (SSSR count). The standard InChI is InChI=1S/C35H38F3N9O2.C15H31NO7/c1-39-12-14-46(15-13-42-20-23(18-40-2)19-41-3)30-10-8-26(17-28(30)35(36,37)38)47-33-27-16-24(25-7-11-32(49-5)44-21-25)6-9-29(27)43-22-31(33)45(4)34(47)48;16-2-5-19-7-9-21-11-13-23-15-14-22-12-10-20-8-6-18-4-1-3-17/h6-11,16-18,20-22,39,41H,2,12-15,19H2,1,3-5H3;3H,1-2,4-16H2/b23-18-,42-20?;. The Morgan fingerprint density at radius 3 is 2.01 bits per heavy atom. The van der Waals surface area contributed by atoms with Gasteiger partial charge in [0.25, 0.3) is 0 Å². The van der Waals surface area contributed by atoms with Gasteiger partial charge in [-0.15, -0.1) is 0 Å². The van der Waals surface area contributed by atoms with E-state index in [-0.39, 0.29) is 24.5 Å². The van der Waals surface area contributed by atoms with E-state index in [0.29, 0.717) is 140 Å². The minimum Gasteiger partial charge on any atom is -0.481 e. The molecule has 0 saturated carbocycles. The average Bonchev–Trinajstić information content (AvgIpc) is 3.65. The number of benzene rings is 2. The maximum absolute atomic E-state index is 14.8. The van der Waals surface area contributed by atoms with E-state index in [0.717, 1.165) is 29.1 Å². The van der Waals surface area contributed by atoms with Crippen molar-refractivity contribution in [2.45, 2.75) is 12.6 Å². The minimum absolute atomic E-state index is 0.00505. The number of hydrogen-bond donors (Lipinski definition) is 3. The summed E-state index contributed by atoms with van der Waals surface area (Å²) in [5.74, 6) is 0.462. The lowest BCUT2D eigenvalue weighted by Gasteiger charge is -2.28. The number of hydrogen-bond acceptors (Lipinski definition) is 17. The van der Waals surface area contributed by atoms with Crippen LogP contribution in [0.25, 0.3) is 38.8 Å². The number of alkyl halides is 3. The molecule has 0 spiro atoms. The van der Waals surface area contributed by atoms with Crippen LogP contribution in [-0.2, 0) is 46.4 Å². The number of imidazole rings is 1. The topological polar surface area (TPSA) is 212 Å². The van der Waals surface area contributed by atoms with Crippen molar-refractivity contribution in [2.75, 3.05) is 145 Å². The lowest BCUT2D eigenvalue weighted by atomic mass is 10.0. The van der Waals surface area contributed by atoms with Crippen LogP contribution in [-0.4, -0.2) is 178 Å². The van der Waals surface area contributed by atoms with E-state index in [4.69, 9.17) is 38.9 Å². The molecule has 72 heavy (non-hydrogen) atoms.